The Bertz CT molecular complexity index is 768. The summed E-state index contributed by atoms with van der Waals surface area (Å²) in [7, 11) is 0. The summed E-state index contributed by atoms with van der Waals surface area (Å²) in [6, 6.07) is 15.7. The zero-order valence-corrected chi connectivity index (χ0v) is 11.9. The van der Waals surface area contributed by atoms with Crippen molar-refractivity contribution in [3.8, 4) is 11.4 Å². The molecule has 3 nitrogen and oxygen atoms in total. The molecule has 0 amide bonds. The number of fused-ring (bicyclic) bond motifs is 1. The van der Waals surface area contributed by atoms with Crippen LogP contribution in [0.15, 0.2) is 48.5 Å². The molecule has 0 radical (unpaired) electrons. The molecule has 1 aliphatic carbocycles. The van der Waals surface area contributed by atoms with Gasteiger partial charge in [-0.1, -0.05) is 25.0 Å². The van der Waals surface area contributed by atoms with E-state index in [1.54, 1.807) is 12.1 Å². The fourth-order valence-corrected chi connectivity index (χ4v) is 3.38. The molecule has 1 aromatic heterocycles. The largest absolute Gasteiger partial charge is 0.508 e. The standard InChI is InChI=1S/C18H18N2O/c21-15-11-9-14(10-12-15)20-17-8-4-3-7-16(17)19-18(20)13-5-1-2-6-13/h3-4,7-13,21H,1-2,5-6H2. The second kappa shape index (κ2) is 4.92. The minimum absolute atomic E-state index is 0.297. The average Bonchev–Trinajstić information content (AvgIpc) is 3.15. The Labute approximate surface area is 123 Å². The molecular formula is C18H18N2O. The summed E-state index contributed by atoms with van der Waals surface area (Å²) in [5.41, 5.74) is 3.26. The van der Waals surface area contributed by atoms with E-state index in [2.05, 4.69) is 22.8 Å². The van der Waals surface area contributed by atoms with Crippen LogP contribution in [0.4, 0.5) is 0 Å². The molecular weight excluding hydrogens is 260 g/mol. The molecule has 1 aliphatic rings. The molecule has 0 saturated heterocycles. The predicted molar refractivity (Wildman–Crippen MR) is 83.9 cm³/mol. The van der Waals surface area contributed by atoms with E-state index >= 15 is 0 Å². The fourth-order valence-electron chi connectivity index (χ4n) is 3.38. The summed E-state index contributed by atoms with van der Waals surface area (Å²) >= 11 is 0. The molecule has 106 valence electrons. The van der Waals surface area contributed by atoms with Gasteiger partial charge in [-0.2, -0.15) is 0 Å². The lowest BCUT2D eigenvalue weighted by Crippen LogP contribution is -2.05. The second-order valence-electron chi connectivity index (χ2n) is 5.79. The zero-order chi connectivity index (χ0) is 14.2. The lowest BCUT2D eigenvalue weighted by atomic mass is 10.1. The maximum Gasteiger partial charge on any atom is 0.117 e. The van der Waals surface area contributed by atoms with Gasteiger partial charge < -0.3 is 5.11 Å². The fraction of sp³-hybridized carbons (Fsp3) is 0.278. The lowest BCUT2D eigenvalue weighted by Gasteiger charge is -2.13. The highest BCUT2D eigenvalue weighted by molar-refractivity contribution is 5.78. The van der Waals surface area contributed by atoms with Gasteiger partial charge in [0.1, 0.15) is 11.6 Å². The van der Waals surface area contributed by atoms with Crippen molar-refractivity contribution in [2.75, 3.05) is 0 Å². The number of aromatic hydroxyl groups is 1. The molecule has 1 heterocycles. The number of phenolic OH excluding ortho intramolecular Hbond substituents is 1. The van der Waals surface area contributed by atoms with E-state index in [1.807, 2.05) is 18.2 Å². The van der Waals surface area contributed by atoms with Crippen molar-refractivity contribution in [2.24, 2.45) is 0 Å². The third-order valence-electron chi connectivity index (χ3n) is 4.41. The summed E-state index contributed by atoms with van der Waals surface area (Å²) in [5.74, 6) is 2.01. The molecule has 0 spiro atoms. The maximum atomic E-state index is 9.52. The number of hydrogen-bond acceptors (Lipinski definition) is 2. The molecule has 3 aromatic rings. The molecule has 3 heteroatoms. The van der Waals surface area contributed by atoms with E-state index < -0.39 is 0 Å². The molecule has 0 bridgehead atoms. The summed E-state index contributed by atoms with van der Waals surface area (Å²) in [5, 5.41) is 9.52. The Morgan fingerprint density at radius 3 is 2.43 bits per heavy atom. The van der Waals surface area contributed by atoms with Gasteiger partial charge in [-0.15, -0.1) is 0 Å². The van der Waals surface area contributed by atoms with Crippen LogP contribution in [0, 0.1) is 0 Å². The van der Waals surface area contributed by atoms with Gasteiger partial charge in [-0.05, 0) is 49.2 Å². The van der Waals surface area contributed by atoms with Gasteiger partial charge in [0.05, 0.1) is 11.0 Å². The number of phenols is 1. The Kier molecular flexibility index (Phi) is 2.92. The minimum Gasteiger partial charge on any atom is -0.508 e. The molecule has 0 unspecified atom stereocenters. The summed E-state index contributed by atoms with van der Waals surface area (Å²) in [6.45, 7) is 0. The highest BCUT2D eigenvalue weighted by Crippen LogP contribution is 2.36. The monoisotopic (exact) mass is 278 g/mol. The summed E-state index contributed by atoms with van der Waals surface area (Å²) < 4.78 is 2.25. The average molecular weight is 278 g/mol. The van der Waals surface area contributed by atoms with Gasteiger partial charge in [0.15, 0.2) is 0 Å². The van der Waals surface area contributed by atoms with Crippen molar-refractivity contribution >= 4 is 11.0 Å². The first-order chi connectivity index (χ1) is 10.3. The quantitative estimate of drug-likeness (QED) is 0.755. The van der Waals surface area contributed by atoms with Gasteiger partial charge >= 0.3 is 0 Å². The molecule has 1 N–H and O–H groups in total. The molecule has 1 saturated carbocycles. The van der Waals surface area contributed by atoms with Gasteiger partial charge in [0, 0.05) is 11.6 Å². The molecule has 2 aromatic carbocycles. The van der Waals surface area contributed by atoms with Crippen LogP contribution in [0.3, 0.4) is 0 Å². The van der Waals surface area contributed by atoms with Gasteiger partial charge in [-0.25, -0.2) is 4.98 Å². The van der Waals surface area contributed by atoms with Crippen LogP contribution in [0.1, 0.15) is 37.4 Å². The van der Waals surface area contributed by atoms with E-state index in [1.165, 1.54) is 31.5 Å². The lowest BCUT2D eigenvalue weighted by molar-refractivity contribution is 0.475. The Balaban J connectivity index is 1.95. The number of imidazole rings is 1. The zero-order valence-electron chi connectivity index (χ0n) is 11.9. The van der Waals surface area contributed by atoms with Crippen LogP contribution < -0.4 is 0 Å². The molecule has 21 heavy (non-hydrogen) atoms. The van der Waals surface area contributed by atoms with Crippen LogP contribution in [0.25, 0.3) is 16.7 Å². The third-order valence-corrected chi connectivity index (χ3v) is 4.41. The Hall–Kier alpha value is -2.29. The topological polar surface area (TPSA) is 38.0 Å². The smallest absolute Gasteiger partial charge is 0.117 e. The SMILES string of the molecule is Oc1ccc(-n2c(C3CCCC3)nc3ccccc32)cc1. The van der Waals surface area contributed by atoms with E-state index in [-0.39, 0.29) is 0 Å². The number of nitrogens with zero attached hydrogens (tertiary/aromatic N) is 2. The Morgan fingerprint density at radius 1 is 0.952 bits per heavy atom. The Morgan fingerprint density at radius 2 is 1.67 bits per heavy atom. The van der Waals surface area contributed by atoms with E-state index in [0.717, 1.165) is 16.7 Å². The highest BCUT2D eigenvalue weighted by Gasteiger charge is 2.24. The van der Waals surface area contributed by atoms with Gasteiger partial charge in [0.2, 0.25) is 0 Å². The summed E-state index contributed by atoms with van der Waals surface area (Å²) in [6.07, 6.45) is 5.04. The highest BCUT2D eigenvalue weighted by atomic mass is 16.3. The number of rotatable bonds is 2. The van der Waals surface area contributed by atoms with Gasteiger partial charge in [-0.3, -0.25) is 4.57 Å². The van der Waals surface area contributed by atoms with Gasteiger partial charge in [0.25, 0.3) is 0 Å². The number of hydrogen-bond donors (Lipinski definition) is 1. The van der Waals surface area contributed by atoms with Crippen LogP contribution in [0.2, 0.25) is 0 Å². The maximum absolute atomic E-state index is 9.52. The third kappa shape index (κ3) is 2.09. The second-order valence-corrected chi connectivity index (χ2v) is 5.79. The molecule has 1 fully saturated rings. The van der Waals surface area contributed by atoms with Crippen molar-refractivity contribution in [1.82, 2.24) is 9.55 Å². The van der Waals surface area contributed by atoms with Crippen molar-refractivity contribution in [2.45, 2.75) is 31.6 Å². The van der Waals surface area contributed by atoms with E-state index in [9.17, 15) is 5.11 Å². The first kappa shape index (κ1) is 12.5. The van der Waals surface area contributed by atoms with Crippen molar-refractivity contribution < 1.29 is 5.11 Å². The molecule has 4 rings (SSSR count). The molecule has 0 atom stereocenters. The van der Waals surface area contributed by atoms with Crippen LogP contribution in [0.5, 0.6) is 5.75 Å². The first-order valence-electron chi connectivity index (χ1n) is 7.60. The van der Waals surface area contributed by atoms with E-state index in [4.69, 9.17) is 4.98 Å². The molecule has 0 aliphatic heterocycles. The predicted octanol–water partition coefficient (Wildman–Crippen LogP) is 4.39. The van der Waals surface area contributed by atoms with Crippen LogP contribution in [-0.4, -0.2) is 14.7 Å². The van der Waals surface area contributed by atoms with Crippen LogP contribution in [-0.2, 0) is 0 Å². The van der Waals surface area contributed by atoms with Crippen molar-refractivity contribution in [3.63, 3.8) is 0 Å². The number of aromatic nitrogens is 2. The number of para-hydroxylation sites is 2. The first-order valence-corrected chi connectivity index (χ1v) is 7.60. The van der Waals surface area contributed by atoms with Crippen LogP contribution >= 0.6 is 0 Å². The number of benzene rings is 2. The normalized spacial score (nSPS) is 15.8. The van der Waals surface area contributed by atoms with E-state index in [0.29, 0.717) is 11.7 Å². The van der Waals surface area contributed by atoms with Crippen molar-refractivity contribution in [3.05, 3.63) is 54.4 Å². The summed E-state index contributed by atoms with van der Waals surface area (Å²) in [4.78, 5) is 4.89. The van der Waals surface area contributed by atoms with Crippen molar-refractivity contribution in [1.29, 1.82) is 0 Å². The minimum atomic E-state index is 0.297.